The predicted molar refractivity (Wildman–Crippen MR) is 81.1 cm³/mol. The van der Waals surface area contributed by atoms with E-state index in [1.165, 1.54) is 10.6 Å². The van der Waals surface area contributed by atoms with E-state index in [4.69, 9.17) is 0 Å². The number of piperazine rings is 1. The lowest BCUT2D eigenvalue weighted by Crippen LogP contribution is -2.46. The maximum Gasteiger partial charge on any atom is 0.147 e. The average molecular weight is 289 g/mol. The summed E-state index contributed by atoms with van der Waals surface area (Å²) in [6, 6.07) is 0. The Morgan fingerprint density at radius 1 is 1.15 bits per heavy atom. The molecule has 0 N–H and O–H groups in total. The zero-order valence-corrected chi connectivity index (χ0v) is 12.7. The molecule has 0 spiro atoms. The molecule has 1 fully saturated rings. The summed E-state index contributed by atoms with van der Waals surface area (Å²) in [7, 11) is 0. The van der Waals surface area contributed by atoms with Crippen LogP contribution in [-0.4, -0.2) is 46.0 Å². The van der Waals surface area contributed by atoms with Crippen LogP contribution in [-0.2, 0) is 6.54 Å². The molecule has 1 saturated heterocycles. The first kappa shape index (κ1) is 13.5. The third kappa shape index (κ3) is 2.96. The largest absolute Gasteiger partial charge is 0.353 e. The third-order valence-corrected chi connectivity index (χ3v) is 4.67. The number of hydrogen-bond donors (Lipinski definition) is 0. The second kappa shape index (κ2) is 5.85. The van der Waals surface area contributed by atoms with Gasteiger partial charge in [0.2, 0.25) is 0 Å². The number of aryl methyl sites for hydroxylation is 2. The Morgan fingerprint density at radius 2 is 1.95 bits per heavy atom. The van der Waals surface area contributed by atoms with Gasteiger partial charge in [-0.05, 0) is 13.8 Å². The maximum absolute atomic E-state index is 4.50. The fraction of sp³-hybridized carbons (Fsp3) is 0.500. The van der Waals surface area contributed by atoms with Crippen molar-refractivity contribution < 1.29 is 0 Å². The molecule has 0 atom stereocenters. The van der Waals surface area contributed by atoms with E-state index >= 15 is 0 Å². The molecular formula is C14H19N5S. The number of nitrogens with zero attached hydrogens (tertiary/aromatic N) is 5. The lowest BCUT2D eigenvalue weighted by atomic mass is 10.3. The van der Waals surface area contributed by atoms with E-state index in [1.807, 2.05) is 17.5 Å². The van der Waals surface area contributed by atoms with Crippen molar-refractivity contribution in [1.82, 2.24) is 19.9 Å². The topological polar surface area (TPSA) is 45.2 Å². The smallest absolute Gasteiger partial charge is 0.147 e. The van der Waals surface area contributed by atoms with E-state index in [1.54, 1.807) is 12.4 Å². The molecule has 3 rings (SSSR count). The van der Waals surface area contributed by atoms with Gasteiger partial charge in [0.25, 0.3) is 0 Å². The minimum atomic E-state index is 0.983. The highest BCUT2D eigenvalue weighted by molar-refractivity contribution is 7.11. The van der Waals surface area contributed by atoms with Gasteiger partial charge in [-0.15, -0.1) is 11.3 Å². The highest BCUT2D eigenvalue weighted by Crippen LogP contribution is 2.20. The first-order valence-corrected chi connectivity index (χ1v) is 7.70. The van der Waals surface area contributed by atoms with Crippen LogP contribution in [0.4, 0.5) is 5.82 Å². The number of thiazole rings is 1. The van der Waals surface area contributed by atoms with Crippen molar-refractivity contribution in [3.05, 3.63) is 34.2 Å². The Bertz CT molecular complexity index is 560. The summed E-state index contributed by atoms with van der Waals surface area (Å²) in [5.74, 6) is 0.983. The molecule has 0 aromatic carbocycles. The fourth-order valence-corrected chi connectivity index (χ4v) is 3.49. The number of aromatic nitrogens is 3. The number of hydrogen-bond acceptors (Lipinski definition) is 6. The molecule has 0 aliphatic carbocycles. The van der Waals surface area contributed by atoms with Crippen molar-refractivity contribution in [2.75, 3.05) is 31.1 Å². The zero-order valence-electron chi connectivity index (χ0n) is 11.9. The Labute approximate surface area is 123 Å². The van der Waals surface area contributed by atoms with E-state index < -0.39 is 0 Å². The molecule has 2 aromatic heterocycles. The standard InChI is InChI=1S/C14H19N5S/c1-11-13(20-12(2)17-11)10-18-5-7-19(8-6-18)14-9-15-3-4-16-14/h3-4,9H,5-8,10H2,1-2H3. The molecule has 2 aromatic rings. The van der Waals surface area contributed by atoms with Crippen molar-refractivity contribution >= 4 is 17.2 Å². The van der Waals surface area contributed by atoms with E-state index in [0.29, 0.717) is 0 Å². The Balaban J connectivity index is 1.58. The van der Waals surface area contributed by atoms with Crippen LogP contribution in [0.15, 0.2) is 18.6 Å². The van der Waals surface area contributed by atoms with E-state index in [9.17, 15) is 0 Å². The zero-order chi connectivity index (χ0) is 13.9. The molecule has 1 aliphatic heterocycles. The van der Waals surface area contributed by atoms with Crippen LogP contribution in [0.2, 0.25) is 0 Å². The first-order chi connectivity index (χ1) is 9.72. The summed E-state index contributed by atoms with van der Waals surface area (Å²) in [6.45, 7) is 9.35. The predicted octanol–water partition coefficient (Wildman–Crippen LogP) is 1.87. The highest BCUT2D eigenvalue weighted by Gasteiger charge is 2.19. The molecule has 0 radical (unpaired) electrons. The lowest BCUT2D eigenvalue weighted by molar-refractivity contribution is 0.251. The number of rotatable bonds is 3. The fourth-order valence-electron chi connectivity index (χ4n) is 2.51. The van der Waals surface area contributed by atoms with Crippen molar-refractivity contribution in [2.24, 2.45) is 0 Å². The van der Waals surface area contributed by atoms with Gasteiger partial charge in [-0.25, -0.2) is 9.97 Å². The summed E-state index contributed by atoms with van der Waals surface area (Å²) in [5, 5.41) is 1.16. The molecule has 0 amide bonds. The third-order valence-electron chi connectivity index (χ3n) is 3.61. The second-order valence-corrected chi connectivity index (χ2v) is 6.36. The van der Waals surface area contributed by atoms with Crippen molar-refractivity contribution in [1.29, 1.82) is 0 Å². The molecule has 6 heteroatoms. The van der Waals surface area contributed by atoms with Crippen molar-refractivity contribution in [2.45, 2.75) is 20.4 Å². The first-order valence-electron chi connectivity index (χ1n) is 6.88. The van der Waals surface area contributed by atoms with Gasteiger partial charge in [0, 0.05) is 50.0 Å². The summed E-state index contributed by atoms with van der Waals surface area (Å²) >= 11 is 1.82. The van der Waals surface area contributed by atoms with Gasteiger partial charge in [-0.3, -0.25) is 9.88 Å². The maximum atomic E-state index is 4.50. The number of anilines is 1. The Hall–Kier alpha value is -1.53. The van der Waals surface area contributed by atoms with Gasteiger partial charge in [0.05, 0.1) is 16.9 Å². The summed E-state index contributed by atoms with van der Waals surface area (Å²) in [4.78, 5) is 19.2. The van der Waals surface area contributed by atoms with Gasteiger partial charge in [0.1, 0.15) is 5.82 Å². The van der Waals surface area contributed by atoms with Crippen LogP contribution in [0.5, 0.6) is 0 Å². The molecule has 1 aliphatic rings. The van der Waals surface area contributed by atoms with E-state index in [0.717, 1.165) is 43.5 Å². The molecule has 0 saturated carbocycles. The summed E-state index contributed by atoms with van der Waals surface area (Å²) in [5.41, 5.74) is 1.18. The minimum Gasteiger partial charge on any atom is -0.353 e. The average Bonchev–Trinajstić information content (AvgIpc) is 2.79. The van der Waals surface area contributed by atoms with Crippen LogP contribution in [0.3, 0.4) is 0 Å². The Morgan fingerprint density at radius 3 is 2.55 bits per heavy atom. The summed E-state index contributed by atoms with van der Waals surface area (Å²) in [6.07, 6.45) is 5.31. The molecule has 3 heterocycles. The lowest BCUT2D eigenvalue weighted by Gasteiger charge is -2.34. The molecular weight excluding hydrogens is 270 g/mol. The van der Waals surface area contributed by atoms with Crippen LogP contribution in [0.1, 0.15) is 15.6 Å². The van der Waals surface area contributed by atoms with E-state index in [-0.39, 0.29) is 0 Å². The molecule has 0 unspecified atom stereocenters. The normalized spacial score (nSPS) is 16.6. The van der Waals surface area contributed by atoms with Crippen LogP contribution in [0, 0.1) is 13.8 Å². The van der Waals surface area contributed by atoms with Gasteiger partial charge < -0.3 is 4.90 Å². The summed E-state index contributed by atoms with van der Waals surface area (Å²) < 4.78 is 0. The van der Waals surface area contributed by atoms with Crippen LogP contribution < -0.4 is 4.90 Å². The van der Waals surface area contributed by atoms with Gasteiger partial charge in [-0.1, -0.05) is 0 Å². The van der Waals surface area contributed by atoms with Crippen LogP contribution in [0.25, 0.3) is 0 Å². The van der Waals surface area contributed by atoms with Crippen LogP contribution >= 0.6 is 11.3 Å². The van der Waals surface area contributed by atoms with Crippen molar-refractivity contribution in [3.8, 4) is 0 Å². The second-order valence-electron chi connectivity index (χ2n) is 5.07. The SMILES string of the molecule is Cc1nc(C)c(CN2CCN(c3cnccn3)CC2)s1. The van der Waals surface area contributed by atoms with Gasteiger partial charge in [-0.2, -0.15) is 0 Å². The van der Waals surface area contributed by atoms with Gasteiger partial charge in [0.15, 0.2) is 0 Å². The molecule has 20 heavy (non-hydrogen) atoms. The molecule has 0 bridgehead atoms. The molecule has 5 nitrogen and oxygen atoms in total. The van der Waals surface area contributed by atoms with Crippen molar-refractivity contribution in [3.63, 3.8) is 0 Å². The van der Waals surface area contributed by atoms with Gasteiger partial charge >= 0.3 is 0 Å². The monoisotopic (exact) mass is 289 g/mol. The minimum absolute atomic E-state index is 0.983. The Kier molecular flexibility index (Phi) is 3.93. The quantitative estimate of drug-likeness (QED) is 0.863. The highest BCUT2D eigenvalue weighted by atomic mass is 32.1. The van der Waals surface area contributed by atoms with E-state index in [2.05, 4.69) is 38.6 Å². The molecule has 106 valence electrons.